The third-order valence-electron chi connectivity index (χ3n) is 0. The van der Waals surface area contributed by atoms with E-state index >= 15 is 0 Å². The first-order chi connectivity index (χ1) is 36.0. The molecule has 0 saturated heterocycles. The molecule has 0 N–H and O–H groups in total. The summed E-state index contributed by atoms with van der Waals surface area (Å²) in [5.41, 5.74) is 0. The number of hydrogen-bond acceptors (Lipinski definition) is 30. The van der Waals surface area contributed by atoms with E-state index in [1.54, 1.807) is 225 Å². The molecular formula is C36H108F6O30S12Sb6. The van der Waals surface area contributed by atoms with Gasteiger partial charge in [0.2, 0.25) is 0 Å². The Bertz CT molecular complexity index is 1760. The van der Waals surface area contributed by atoms with Gasteiger partial charge in [0.05, 0.1) is 119 Å². The van der Waals surface area contributed by atoms with Gasteiger partial charge in [-0.05, 0) is 0 Å². The first-order valence-corrected chi connectivity index (χ1v) is 78.9. The van der Waals surface area contributed by atoms with Crippen LogP contribution in [-0.4, -0.2) is 346 Å². The van der Waals surface area contributed by atoms with Gasteiger partial charge in [0.1, 0.15) is 225 Å². The Morgan fingerprint density at radius 2 is 0.144 bits per heavy atom. The maximum atomic E-state index is 10.2. The summed E-state index contributed by atoms with van der Waals surface area (Å²) in [6.45, 7) is 0. The van der Waals surface area contributed by atoms with Gasteiger partial charge in [-0.3, -0.25) is 0 Å². The molecule has 0 spiro atoms. The summed E-state index contributed by atoms with van der Waals surface area (Å²) in [6.07, 6.45) is 61.8. The Hall–Kier alpha value is 4.61. The average Bonchev–Trinajstić information content (AvgIpc) is 2.79. The van der Waals surface area contributed by atoms with Crippen molar-refractivity contribution >= 4 is 240 Å². The zero-order valence-corrected chi connectivity index (χ0v) is 83.2. The van der Waals surface area contributed by atoms with Crippen molar-refractivity contribution in [2.75, 3.05) is 225 Å². The standard InChI is InChI=1S/12C3H9OS.6FH.18O.6Sb/c12*1-5(2,3)4;;;;;;;;;;;;;;;;;;;;;;;;;;;;;;/h12*1-3H3;6*1H;;;;;;;;;;;;;;;;;;;;;;;;/q12*+1;;;;;;;;;;;;;12*-1;6*+1/p-6. The van der Waals surface area contributed by atoms with Crippen molar-refractivity contribution in [3.63, 3.8) is 0 Å². The molecule has 0 aliphatic rings. The van der Waals surface area contributed by atoms with Gasteiger partial charge in [-0.1, -0.05) is 0 Å². The predicted octanol–water partition coefficient (Wildman–Crippen LogP) is -10.2. The fourth-order valence-electron chi connectivity index (χ4n) is 0. The van der Waals surface area contributed by atoms with E-state index in [0.29, 0.717) is 0 Å². The Kier molecular flexibility index (Phi) is 99.4. The van der Waals surface area contributed by atoms with Gasteiger partial charge >= 0.3 is 197 Å². The van der Waals surface area contributed by atoms with Crippen molar-refractivity contribution in [3.05, 3.63) is 0 Å². The number of halogens is 6. The number of hydrogen-bond donors (Lipinski definition) is 0. The minimum atomic E-state index is -6.35. The van der Waals surface area contributed by atoms with Gasteiger partial charge in [0, 0.05) is 0 Å². The molecule has 90 heavy (non-hydrogen) atoms. The Labute approximate surface area is 583 Å². The molecule has 0 aromatic carbocycles. The van der Waals surface area contributed by atoms with E-state index in [0.717, 1.165) is 0 Å². The van der Waals surface area contributed by atoms with Gasteiger partial charge in [-0.25, -0.2) is 0 Å². The third kappa shape index (κ3) is 36600. The van der Waals surface area contributed by atoms with Crippen LogP contribution in [0.2, 0.25) is 0 Å². The van der Waals surface area contributed by atoms with Crippen LogP contribution in [0.25, 0.3) is 0 Å². The molecule has 0 unspecified atom stereocenters. The summed E-state index contributed by atoms with van der Waals surface area (Å²) < 4.78 is 337. The Balaban J connectivity index is -0.0000000381. The van der Waals surface area contributed by atoms with Crippen LogP contribution in [0.4, 0.5) is 16.9 Å². The van der Waals surface area contributed by atoms with E-state index in [2.05, 4.69) is 0 Å². The van der Waals surface area contributed by atoms with Gasteiger partial charge in [-0.15, -0.1) is 50.5 Å². The summed E-state index contributed by atoms with van der Waals surface area (Å²) in [5, 5.41) is 0. The zero-order valence-electron chi connectivity index (χ0n) is 58.1. The molecule has 0 aromatic heterocycles. The van der Waals surface area contributed by atoms with Crippen LogP contribution >= 0.6 is 0 Å². The molecule has 0 amide bonds. The second-order valence-corrected chi connectivity index (χ2v) is 79.4. The first kappa shape index (κ1) is 141. The van der Waals surface area contributed by atoms with E-state index in [4.69, 9.17) is 58.7 Å². The van der Waals surface area contributed by atoms with Gasteiger partial charge in [0.25, 0.3) is 0 Å². The van der Waals surface area contributed by atoms with E-state index in [9.17, 15) is 67.4 Å². The fraction of sp³-hybridized carbons (Fsp3) is 1.00. The molecule has 0 bridgehead atoms. The summed E-state index contributed by atoms with van der Waals surface area (Å²) in [5.74, 6) is 0. The van der Waals surface area contributed by atoms with Crippen molar-refractivity contribution < 1.29 is 126 Å². The molecule has 0 rings (SSSR count). The van der Waals surface area contributed by atoms with Crippen molar-refractivity contribution in [2.24, 2.45) is 0 Å². The molecule has 0 aliphatic carbocycles. The molecular weight excluding hydrogens is 2140 g/mol. The Morgan fingerprint density at radius 3 is 0.144 bits per heavy atom. The molecule has 0 heterocycles. The van der Waals surface area contributed by atoms with Crippen molar-refractivity contribution in [1.82, 2.24) is 0 Å². The molecule has 0 fully saturated rings. The van der Waals surface area contributed by atoms with Gasteiger partial charge in [-0.2, -0.15) is 0 Å². The molecule has 0 aliphatic heterocycles. The predicted molar refractivity (Wildman–Crippen MR) is 355 cm³/mol. The van der Waals surface area contributed by atoms with Gasteiger partial charge < -0.3 is 0 Å². The number of rotatable bonds is 0. The molecule has 54 heteroatoms. The summed E-state index contributed by atoms with van der Waals surface area (Å²) >= 11 is -38.1. The van der Waals surface area contributed by atoms with Gasteiger partial charge in [0.15, 0.2) is 0 Å². The molecule has 0 atom stereocenters. The fourth-order valence-corrected chi connectivity index (χ4v) is 0. The van der Waals surface area contributed by atoms with Crippen molar-refractivity contribution in [1.29, 1.82) is 0 Å². The minimum absolute atomic E-state index is 1.42. The zero-order chi connectivity index (χ0) is 81.0. The summed E-state index contributed by atoms with van der Waals surface area (Å²) in [7, 11) is -17.0. The molecule has 576 valence electrons. The van der Waals surface area contributed by atoms with Crippen LogP contribution in [0.15, 0.2) is 0 Å². The first-order valence-electron chi connectivity index (χ1n) is 21.0. The van der Waals surface area contributed by atoms with Crippen molar-refractivity contribution in [3.8, 4) is 0 Å². The third-order valence-corrected chi connectivity index (χ3v) is 0. The second kappa shape index (κ2) is 63.3. The SMILES string of the molecule is C[S+](C)(C)=O.C[S+](C)(C)=O.C[S+](C)(C)=O.C[S+](C)(C)=O.C[S+](C)(C)=O.C[S+](C)(C)=O.C[S+](C)(C)=O.C[S+](C)(C)=O.C[S+](C)(C)=O.C[S+](C)(C)=O.C[S+](C)(C)=O.C[S+](C)(C)=O.[O]=[Sb]([O-])([O-])[F].[O]=[Sb]([O-])([O-])[F].[O]=[Sb]([O-])([O-])[F].[O]=[Sb]([O-])([O-])[F].[O]=[Sb]([O-])([O-])[F].[O]=[Sb]([O-])([O-])[F]. The molecule has 0 aromatic rings. The quantitative estimate of drug-likeness (QED) is 0.123. The van der Waals surface area contributed by atoms with Crippen molar-refractivity contribution in [2.45, 2.75) is 0 Å². The van der Waals surface area contributed by atoms with Crippen LogP contribution in [-0.2, 0) is 188 Å². The van der Waals surface area contributed by atoms with E-state index in [1.165, 1.54) is 0 Å². The summed E-state index contributed by atoms with van der Waals surface area (Å²) in [4.78, 5) is 0. The van der Waals surface area contributed by atoms with Crippen LogP contribution in [0.3, 0.4) is 0 Å². The average molecular weight is 2250 g/mol. The normalized spacial score (nSPS) is 11.8. The van der Waals surface area contributed by atoms with Crippen LogP contribution in [0.5, 0.6) is 0 Å². The van der Waals surface area contributed by atoms with E-state index in [-0.39, 0.29) is 0 Å². The summed E-state index contributed by atoms with van der Waals surface area (Å²) in [6, 6.07) is 0. The molecule has 0 radical (unpaired) electrons. The maximum absolute atomic E-state index is 10.2. The monoisotopic (exact) mass is 2240 g/mol. The van der Waals surface area contributed by atoms with Crippen LogP contribution < -0.4 is 40.6 Å². The molecule has 0 saturated carbocycles. The van der Waals surface area contributed by atoms with Crippen LogP contribution in [0, 0.1) is 0 Å². The topological polar surface area (TPSA) is 584 Å². The molecule has 30 nitrogen and oxygen atoms in total. The van der Waals surface area contributed by atoms with E-state index in [1.807, 2.05) is 0 Å². The second-order valence-electron chi connectivity index (χ2n) is 23.3. The van der Waals surface area contributed by atoms with Crippen LogP contribution in [0.1, 0.15) is 0 Å². The van der Waals surface area contributed by atoms with E-state index < -0.39 is 240 Å². The Morgan fingerprint density at radius 1 is 0.144 bits per heavy atom.